The Labute approximate surface area is 128 Å². The molecule has 0 aliphatic heterocycles. The van der Waals surface area contributed by atoms with Gasteiger partial charge in [0.2, 0.25) is 0 Å². The van der Waals surface area contributed by atoms with Gasteiger partial charge in [-0.15, -0.1) is 0 Å². The lowest BCUT2D eigenvalue weighted by molar-refractivity contribution is -0.116. The monoisotopic (exact) mass is 288 g/mol. The summed E-state index contributed by atoms with van der Waals surface area (Å²) in [5, 5.41) is 10.5. The Hall–Kier alpha value is -0.630. The van der Waals surface area contributed by atoms with E-state index in [-0.39, 0.29) is 11.5 Å². The molecule has 0 aromatic heterocycles. The Morgan fingerprint density at radius 2 is 2.00 bits per heavy atom. The van der Waals surface area contributed by atoms with Crippen molar-refractivity contribution < 1.29 is 9.90 Å². The summed E-state index contributed by atoms with van der Waals surface area (Å²) in [7, 11) is 0. The summed E-state index contributed by atoms with van der Waals surface area (Å²) in [6.45, 7) is 4.66. The molecular weight excluding hydrogens is 260 g/mol. The molecule has 2 heteroatoms. The fourth-order valence-electron chi connectivity index (χ4n) is 6.47. The highest BCUT2D eigenvalue weighted by molar-refractivity contribution is 5.91. The lowest BCUT2D eigenvalue weighted by atomic mass is 9.50. The van der Waals surface area contributed by atoms with Gasteiger partial charge >= 0.3 is 0 Å². The molecule has 21 heavy (non-hydrogen) atoms. The third-order valence-electron chi connectivity index (χ3n) is 7.61. The van der Waals surface area contributed by atoms with Gasteiger partial charge in [-0.1, -0.05) is 19.4 Å². The van der Waals surface area contributed by atoms with E-state index < -0.39 is 0 Å². The van der Waals surface area contributed by atoms with Crippen LogP contribution < -0.4 is 0 Å². The van der Waals surface area contributed by atoms with Crippen LogP contribution in [-0.4, -0.2) is 17.0 Å². The molecule has 0 amide bonds. The predicted molar refractivity (Wildman–Crippen MR) is 82.6 cm³/mol. The molecule has 7 atom stereocenters. The average Bonchev–Trinajstić information content (AvgIpc) is 2.76. The van der Waals surface area contributed by atoms with Gasteiger partial charge in [0.15, 0.2) is 5.78 Å². The minimum absolute atomic E-state index is 0.0800. The molecule has 4 rings (SSSR count). The summed E-state index contributed by atoms with van der Waals surface area (Å²) in [4.78, 5) is 11.8. The first-order valence-electron chi connectivity index (χ1n) is 8.93. The Morgan fingerprint density at radius 3 is 2.81 bits per heavy atom. The Balaban J connectivity index is 1.67. The molecule has 0 radical (unpaired) electrons. The smallest absolute Gasteiger partial charge is 0.155 e. The molecule has 116 valence electrons. The largest absolute Gasteiger partial charge is 0.393 e. The first kappa shape index (κ1) is 14.0. The zero-order chi connectivity index (χ0) is 14.8. The van der Waals surface area contributed by atoms with E-state index in [0.29, 0.717) is 23.5 Å². The van der Waals surface area contributed by atoms with Crippen LogP contribution in [0.5, 0.6) is 0 Å². The molecule has 0 heterocycles. The number of rotatable bonds is 0. The third-order valence-corrected chi connectivity index (χ3v) is 7.61. The van der Waals surface area contributed by atoms with E-state index in [1.165, 1.54) is 31.3 Å². The van der Waals surface area contributed by atoms with E-state index in [1.54, 1.807) is 0 Å². The molecule has 4 aliphatic rings. The standard InChI is InChI=1S/C19H28O2/c1-11-9-16-14(13-4-3-12(20)10-15(11)13)7-8-19(2)17(16)5-6-18(19)21/h10-11,13-14,16-18,21H,3-9H2,1-2H3/t11?,13?,14?,16?,17?,18-,19?/m0/s1. The normalized spacial score (nSPS) is 52.7. The molecule has 3 fully saturated rings. The van der Waals surface area contributed by atoms with Crippen LogP contribution in [0.2, 0.25) is 0 Å². The number of aliphatic hydroxyl groups excluding tert-OH is 1. The number of allylic oxidation sites excluding steroid dienone is 1. The van der Waals surface area contributed by atoms with Gasteiger partial charge in [0.05, 0.1) is 6.10 Å². The number of carbonyl (C=O) groups is 1. The number of hydrogen-bond acceptors (Lipinski definition) is 2. The van der Waals surface area contributed by atoms with E-state index >= 15 is 0 Å². The van der Waals surface area contributed by atoms with Gasteiger partial charge in [0.1, 0.15) is 0 Å². The second kappa shape index (κ2) is 4.68. The first-order chi connectivity index (χ1) is 10.0. The average molecular weight is 288 g/mol. The summed E-state index contributed by atoms with van der Waals surface area (Å²) in [5.74, 6) is 3.87. The van der Waals surface area contributed by atoms with Crippen LogP contribution in [0.4, 0.5) is 0 Å². The van der Waals surface area contributed by atoms with Gasteiger partial charge in [-0.25, -0.2) is 0 Å². The van der Waals surface area contributed by atoms with Crippen LogP contribution in [0, 0.1) is 35.0 Å². The molecule has 2 nitrogen and oxygen atoms in total. The van der Waals surface area contributed by atoms with Crippen molar-refractivity contribution in [2.45, 2.75) is 64.9 Å². The molecule has 4 aliphatic carbocycles. The summed E-state index contributed by atoms with van der Waals surface area (Å²) < 4.78 is 0. The maximum absolute atomic E-state index is 11.8. The van der Waals surface area contributed by atoms with E-state index in [2.05, 4.69) is 13.8 Å². The van der Waals surface area contributed by atoms with Crippen molar-refractivity contribution in [3.63, 3.8) is 0 Å². The van der Waals surface area contributed by atoms with E-state index in [4.69, 9.17) is 0 Å². The second-order valence-electron chi connectivity index (χ2n) is 8.46. The van der Waals surface area contributed by atoms with Crippen LogP contribution >= 0.6 is 0 Å². The molecule has 1 N–H and O–H groups in total. The van der Waals surface area contributed by atoms with Crippen LogP contribution in [0.15, 0.2) is 11.6 Å². The molecule has 0 saturated heterocycles. The van der Waals surface area contributed by atoms with E-state index in [1.807, 2.05) is 6.08 Å². The van der Waals surface area contributed by atoms with Crippen molar-refractivity contribution in [2.75, 3.05) is 0 Å². The second-order valence-corrected chi connectivity index (χ2v) is 8.46. The van der Waals surface area contributed by atoms with Gasteiger partial charge in [-0.2, -0.15) is 0 Å². The maximum Gasteiger partial charge on any atom is 0.155 e. The highest BCUT2D eigenvalue weighted by Crippen LogP contribution is 2.62. The molecule has 0 aromatic rings. The van der Waals surface area contributed by atoms with Crippen molar-refractivity contribution in [3.8, 4) is 0 Å². The van der Waals surface area contributed by atoms with Crippen LogP contribution in [0.1, 0.15) is 58.8 Å². The van der Waals surface area contributed by atoms with Crippen molar-refractivity contribution in [1.29, 1.82) is 0 Å². The third kappa shape index (κ3) is 1.91. The number of fused-ring (bicyclic) bond motifs is 5. The van der Waals surface area contributed by atoms with Crippen LogP contribution in [0.3, 0.4) is 0 Å². The minimum Gasteiger partial charge on any atom is -0.393 e. The zero-order valence-electron chi connectivity index (χ0n) is 13.3. The van der Waals surface area contributed by atoms with Crippen LogP contribution in [0.25, 0.3) is 0 Å². The molecular formula is C19H28O2. The van der Waals surface area contributed by atoms with Crippen molar-refractivity contribution >= 4 is 5.78 Å². The summed E-state index contributed by atoms with van der Waals surface area (Å²) in [5.41, 5.74) is 1.64. The summed E-state index contributed by atoms with van der Waals surface area (Å²) >= 11 is 0. The quantitative estimate of drug-likeness (QED) is 0.737. The summed E-state index contributed by atoms with van der Waals surface area (Å²) in [6, 6.07) is 0. The van der Waals surface area contributed by atoms with E-state index in [9.17, 15) is 9.90 Å². The van der Waals surface area contributed by atoms with Crippen molar-refractivity contribution in [2.24, 2.45) is 35.0 Å². The van der Waals surface area contributed by atoms with Crippen molar-refractivity contribution in [1.82, 2.24) is 0 Å². The van der Waals surface area contributed by atoms with Gasteiger partial charge in [0, 0.05) is 6.42 Å². The molecule has 6 unspecified atom stereocenters. The highest BCUT2D eigenvalue weighted by atomic mass is 16.3. The number of carbonyl (C=O) groups excluding carboxylic acids is 1. The molecule has 0 spiro atoms. The fraction of sp³-hybridized carbons (Fsp3) is 0.842. The minimum atomic E-state index is -0.0800. The highest BCUT2D eigenvalue weighted by Gasteiger charge is 2.56. The Morgan fingerprint density at radius 1 is 1.19 bits per heavy atom. The summed E-state index contributed by atoms with van der Waals surface area (Å²) in [6.07, 6.45) is 9.67. The van der Waals surface area contributed by atoms with Gasteiger partial charge < -0.3 is 5.11 Å². The van der Waals surface area contributed by atoms with Crippen molar-refractivity contribution in [3.05, 3.63) is 11.6 Å². The number of hydrogen-bond donors (Lipinski definition) is 1. The zero-order valence-corrected chi connectivity index (χ0v) is 13.3. The van der Waals surface area contributed by atoms with Crippen LogP contribution in [-0.2, 0) is 4.79 Å². The Kier molecular flexibility index (Phi) is 3.12. The molecule has 0 bridgehead atoms. The van der Waals surface area contributed by atoms with Gasteiger partial charge in [-0.05, 0) is 79.6 Å². The lowest BCUT2D eigenvalue weighted by Crippen LogP contribution is -2.49. The fourth-order valence-corrected chi connectivity index (χ4v) is 6.47. The van der Waals surface area contributed by atoms with Gasteiger partial charge in [0.25, 0.3) is 0 Å². The number of ketones is 1. The Bertz CT molecular complexity index is 494. The SMILES string of the molecule is CC1CC2C(CCC3(C)C2CC[C@@H]3O)C2CCC(=O)C=C12. The number of aliphatic hydroxyl groups is 1. The van der Waals surface area contributed by atoms with Gasteiger partial charge in [-0.3, -0.25) is 4.79 Å². The lowest BCUT2D eigenvalue weighted by Gasteiger charge is -2.54. The molecule has 3 saturated carbocycles. The van der Waals surface area contributed by atoms with E-state index in [0.717, 1.165) is 31.1 Å². The maximum atomic E-state index is 11.8. The molecule has 0 aromatic carbocycles. The first-order valence-corrected chi connectivity index (χ1v) is 8.93. The topological polar surface area (TPSA) is 37.3 Å². The predicted octanol–water partition coefficient (Wildman–Crippen LogP) is 3.74.